The maximum atomic E-state index is 12.6. The fraction of sp³-hybridized carbons (Fsp3) is 0.0588. The smallest absolute Gasteiger partial charge is 0.293 e. The van der Waals surface area contributed by atoms with Crippen LogP contribution in [0.5, 0.6) is 0 Å². The number of nitro benzene ring substituents is 1. The molecule has 0 aliphatic carbocycles. The van der Waals surface area contributed by atoms with Crippen molar-refractivity contribution in [2.24, 2.45) is 0 Å². The lowest BCUT2D eigenvalue weighted by Crippen LogP contribution is -2.32. The molecule has 8 heteroatoms. The Labute approximate surface area is 142 Å². The number of nitrogens with zero attached hydrogens (tertiary/aromatic N) is 2. The number of nitrogens with one attached hydrogen (secondary N) is 1. The summed E-state index contributed by atoms with van der Waals surface area (Å²) in [5.41, 5.74) is 0.569. The van der Waals surface area contributed by atoms with Crippen LogP contribution in [0.15, 0.2) is 60.3 Å². The van der Waals surface area contributed by atoms with Crippen molar-refractivity contribution in [3.63, 3.8) is 0 Å². The number of aliphatic hydroxyl groups excluding tert-OH is 1. The van der Waals surface area contributed by atoms with E-state index in [0.29, 0.717) is 11.3 Å². The number of carbonyl (C=O) groups is 2. The molecule has 8 nitrogen and oxygen atoms in total. The first-order valence-electron chi connectivity index (χ1n) is 7.32. The first kappa shape index (κ1) is 16.3. The van der Waals surface area contributed by atoms with Gasteiger partial charge in [0.2, 0.25) is 0 Å². The van der Waals surface area contributed by atoms with E-state index in [0.717, 1.165) is 11.0 Å². The molecule has 2 amide bonds. The van der Waals surface area contributed by atoms with Crippen molar-refractivity contribution >= 4 is 28.9 Å². The summed E-state index contributed by atoms with van der Waals surface area (Å²) in [5.74, 6) is -1.38. The number of imide groups is 1. The average molecular weight is 339 g/mol. The van der Waals surface area contributed by atoms with Gasteiger partial charge < -0.3 is 10.4 Å². The molecule has 0 atom stereocenters. The molecule has 0 saturated heterocycles. The number of para-hydroxylation sites is 3. The lowest BCUT2D eigenvalue weighted by Gasteiger charge is -2.16. The Morgan fingerprint density at radius 3 is 2.48 bits per heavy atom. The van der Waals surface area contributed by atoms with Crippen LogP contribution < -0.4 is 10.2 Å². The third kappa shape index (κ3) is 2.98. The Morgan fingerprint density at radius 2 is 1.76 bits per heavy atom. The van der Waals surface area contributed by atoms with Gasteiger partial charge in [-0.3, -0.25) is 19.7 Å². The first-order chi connectivity index (χ1) is 12.0. The van der Waals surface area contributed by atoms with Crippen LogP contribution in [0.25, 0.3) is 0 Å². The quantitative estimate of drug-likeness (QED) is 0.489. The molecule has 0 radical (unpaired) electrons. The molecule has 2 N–H and O–H groups in total. The first-order valence-corrected chi connectivity index (χ1v) is 7.32. The summed E-state index contributed by atoms with van der Waals surface area (Å²) >= 11 is 0. The van der Waals surface area contributed by atoms with E-state index in [4.69, 9.17) is 0 Å². The third-order valence-corrected chi connectivity index (χ3v) is 3.70. The number of amides is 2. The number of carbonyl (C=O) groups excluding carboxylic acids is 2. The molecule has 3 rings (SSSR count). The number of benzene rings is 2. The molecule has 0 bridgehead atoms. The van der Waals surface area contributed by atoms with Crippen LogP contribution in [0, 0.1) is 10.1 Å². The Bertz CT molecular complexity index is 907. The fourth-order valence-electron chi connectivity index (χ4n) is 2.52. The van der Waals surface area contributed by atoms with E-state index in [1.54, 1.807) is 24.3 Å². The zero-order chi connectivity index (χ0) is 18.0. The maximum Gasteiger partial charge on any atom is 0.293 e. The van der Waals surface area contributed by atoms with Gasteiger partial charge in [0.1, 0.15) is 11.4 Å². The Balaban J connectivity index is 1.93. The van der Waals surface area contributed by atoms with Crippen LogP contribution in [0.4, 0.5) is 17.1 Å². The largest absolute Gasteiger partial charge is 0.392 e. The van der Waals surface area contributed by atoms with Crippen molar-refractivity contribution in [2.75, 3.05) is 10.2 Å². The van der Waals surface area contributed by atoms with Crippen molar-refractivity contribution in [2.45, 2.75) is 6.61 Å². The number of aliphatic hydroxyl groups is 1. The molecule has 1 aliphatic rings. The predicted molar refractivity (Wildman–Crippen MR) is 89.7 cm³/mol. The topological polar surface area (TPSA) is 113 Å². The number of anilines is 2. The van der Waals surface area contributed by atoms with Crippen molar-refractivity contribution in [1.82, 2.24) is 0 Å². The van der Waals surface area contributed by atoms with Crippen LogP contribution in [0.1, 0.15) is 5.56 Å². The van der Waals surface area contributed by atoms with Gasteiger partial charge in [0, 0.05) is 23.4 Å². The lowest BCUT2D eigenvalue weighted by molar-refractivity contribution is -0.384. The number of nitro groups is 1. The highest BCUT2D eigenvalue weighted by atomic mass is 16.6. The van der Waals surface area contributed by atoms with E-state index >= 15 is 0 Å². The van der Waals surface area contributed by atoms with Crippen molar-refractivity contribution in [3.05, 3.63) is 76.0 Å². The zero-order valence-corrected chi connectivity index (χ0v) is 12.9. The number of hydrogen-bond donors (Lipinski definition) is 2. The van der Waals surface area contributed by atoms with E-state index in [1.165, 1.54) is 24.3 Å². The van der Waals surface area contributed by atoms with Crippen LogP contribution >= 0.6 is 0 Å². The van der Waals surface area contributed by atoms with Crippen LogP contribution in [-0.2, 0) is 16.2 Å². The molecule has 1 aliphatic heterocycles. The minimum atomic E-state index is -0.702. The summed E-state index contributed by atoms with van der Waals surface area (Å²) in [6.45, 7) is -0.244. The lowest BCUT2D eigenvalue weighted by atomic mass is 10.2. The summed E-state index contributed by atoms with van der Waals surface area (Å²) < 4.78 is 0. The maximum absolute atomic E-state index is 12.6. The van der Waals surface area contributed by atoms with Gasteiger partial charge in [0.05, 0.1) is 11.5 Å². The number of hydrogen-bond acceptors (Lipinski definition) is 6. The SMILES string of the molecule is O=C1C=C(Nc2ccccc2CO)C(=O)N1c1ccccc1[N+](=O)[O-]. The zero-order valence-electron chi connectivity index (χ0n) is 12.9. The highest BCUT2D eigenvalue weighted by Gasteiger charge is 2.36. The molecular weight excluding hydrogens is 326 g/mol. The second kappa shape index (κ2) is 6.54. The molecule has 1 heterocycles. The minimum absolute atomic E-state index is 0.0240. The second-order valence-electron chi connectivity index (χ2n) is 5.22. The second-order valence-corrected chi connectivity index (χ2v) is 5.22. The average Bonchev–Trinajstić information content (AvgIpc) is 2.89. The minimum Gasteiger partial charge on any atom is -0.392 e. The third-order valence-electron chi connectivity index (χ3n) is 3.70. The van der Waals surface area contributed by atoms with Gasteiger partial charge in [-0.05, 0) is 12.1 Å². The summed E-state index contributed by atoms with van der Waals surface area (Å²) in [6.07, 6.45) is 1.08. The molecule has 0 fully saturated rings. The molecule has 0 spiro atoms. The van der Waals surface area contributed by atoms with Gasteiger partial charge in [-0.2, -0.15) is 0 Å². The Kier molecular flexibility index (Phi) is 4.27. The molecule has 2 aromatic carbocycles. The van der Waals surface area contributed by atoms with Crippen LogP contribution in [0.2, 0.25) is 0 Å². The van der Waals surface area contributed by atoms with Gasteiger partial charge in [-0.1, -0.05) is 30.3 Å². The standard InChI is InChI=1S/C17H13N3O5/c21-10-11-5-1-2-6-12(11)18-13-9-16(22)19(17(13)23)14-7-3-4-8-15(14)20(24)25/h1-9,18,21H,10H2. The summed E-state index contributed by atoms with van der Waals surface area (Å²) in [5, 5.41) is 23.3. The van der Waals surface area contributed by atoms with E-state index in [2.05, 4.69) is 5.32 Å². The molecule has 0 saturated carbocycles. The number of rotatable bonds is 5. The summed E-state index contributed by atoms with van der Waals surface area (Å²) in [7, 11) is 0. The van der Waals surface area contributed by atoms with E-state index in [1.807, 2.05) is 0 Å². The fourth-order valence-corrected chi connectivity index (χ4v) is 2.52. The highest BCUT2D eigenvalue weighted by Crippen LogP contribution is 2.32. The predicted octanol–water partition coefficient (Wildman–Crippen LogP) is 1.96. The molecule has 0 aromatic heterocycles. The van der Waals surface area contributed by atoms with E-state index in [9.17, 15) is 24.8 Å². The molecule has 0 unspecified atom stereocenters. The van der Waals surface area contributed by atoms with Gasteiger partial charge >= 0.3 is 0 Å². The van der Waals surface area contributed by atoms with Gasteiger partial charge in [-0.25, -0.2) is 4.90 Å². The summed E-state index contributed by atoms with van der Waals surface area (Å²) in [6, 6.07) is 12.3. The van der Waals surface area contributed by atoms with Crippen molar-refractivity contribution in [1.29, 1.82) is 0 Å². The van der Waals surface area contributed by atoms with E-state index in [-0.39, 0.29) is 23.7 Å². The normalized spacial score (nSPS) is 13.8. The monoisotopic (exact) mass is 339 g/mol. The van der Waals surface area contributed by atoms with Crippen molar-refractivity contribution < 1.29 is 19.6 Å². The Hall–Kier alpha value is -3.52. The van der Waals surface area contributed by atoms with Gasteiger partial charge in [-0.15, -0.1) is 0 Å². The van der Waals surface area contributed by atoms with Crippen molar-refractivity contribution in [3.8, 4) is 0 Å². The van der Waals surface area contributed by atoms with E-state index < -0.39 is 16.7 Å². The van der Waals surface area contributed by atoms with Crippen LogP contribution in [0.3, 0.4) is 0 Å². The van der Waals surface area contributed by atoms with Gasteiger partial charge in [0.25, 0.3) is 17.5 Å². The van der Waals surface area contributed by atoms with Gasteiger partial charge in [0.15, 0.2) is 0 Å². The molecule has 126 valence electrons. The molecule has 25 heavy (non-hydrogen) atoms. The molecular formula is C17H13N3O5. The Morgan fingerprint density at radius 1 is 1.08 bits per heavy atom. The van der Waals surface area contributed by atoms with Crippen LogP contribution in [-0.4, -0.2) is 21.8 Å². The molecule has 2 aromatic rings. The highest BCUT2D eigenvalue weighted by molar-refractivity contribution is 6.32. The summed E-state index contributed by atoms with van der Waals surface area (Å²) in [4.78, 5) is 36.1.